The molecule has 1 amide bonds. The number of nitrogens with two attached hydrogens (primary N) is 1. The topological polar surface area (TPSA) is 46.3 Å². The molecule has 2 atom stereocenters. The Hall–Kier alpha value is -1.65. The summed E-state index contributed by atoms with van der Waals surface area (Å²) in [7, 11) is 0. The molecule has 116 valence electrons. The first-order chi connectivity index (χ1) is 10.8. The molecule has 0 bridgehead atoms. The van der Waals surface area contributed by atoms with E-state index >= 15 is 0 Å². The van der Waals surface area contributed by atoms with E-state index in [2.05, 4.69) is 35.7 Å². The van der Waals surface area contributed by atoms with Gasteiger partial charge in [-0.05, 0) is 35.9 Å². The number of carbonyl (C=O) groups is 1. The van der Waals surface area contributed by atoms with Gasteiger partial charge in [0.15, 0.2) is 0 Å². The SMILES string of the molecule is NC[C@@H]1CN(C(=O)CCc2cccs2)C[C@H]1c1ccccc1. The van der Waals surface area contributed by atoms with Crippen LogP contribution in [0.15, 0.2) is 47.8 Å². The van der Waals surface area contributed by atoms with Crippen molar-refractivity contribution in [1.29, 1.82) is 0 Å². The third-order valence-electron chi connectivity index (χ3n) is 4.49. The third-order valence-corrected chi connectivity index (χ3v) is 5.43. The second-order valence-corrected chi connectivity index (χ2v) is 6.92. The summed E-state index contributed by atoms with van der Waals surface area (Å²) in [5.74, 6) is 0.996. The van der Waals surface area contributed by atoms with Gasteiger partial charge in [-0.3, -0.25) is 4.79 Å². The van der Waals surface area contributed by atoms with Crippen molar-refractivity contribution >= 4 is 17.2 Å². The van der Waals surface area contributed by atoms with Crippen molar-refractivity contribution in [2.45, 2.75) is 18.8 Å². The molecule has 2 aromatic rings. The van der Waals surface area contributed by atoms with Gasteiger partial charge in [0.1, 0.15) is 0 Å². The molecule has 0 spiro atoms. The molecule has 22 heavy (non-hydrogen) atoms. The maximum absolute atomic E-state index is 12.5. The zero-order chi connectivity index (χ0) is 15.4. The molecular formula is C18H22N2OS. The van der Waals surface area contributed by atoms with Gasteiger partial charge in [-0.1, -0.05) is 36.4 Å². The van der Waals surface area contributed by atoms with Crippen LogP contribution in [-0.2, 0) is 11.2 Å². The fourth-order valence-electron chi connectivity index (χ4n) is 3.23. The first-order valence-corrected chi connectivity index (χ1v) is 8.71. The highest BCUT2D eigenvalue weighted by atomic mass is 32.1. The van der Waals surface area contributed by atoms with Crippen LogP contribution in [0, 0.1) is 5.92 Å². The van der Waals surface area contributed by atoms with Crippen LogP contribution in [0.5, 0.6) is 0 Å². The molecule has 2 N–H and O–H groups in total. The normalized spacial score (nSPS) is 21.2. The molecule has 1 saturated heterocycles. The fourth-order valence-corrected chi connectivity index (χ4v) is 3.94. The minimum atomic E-state index is 0.255. The molecule has 3 nitrogen and oxygen atoms in total. The first-order valence-electron chi connectivity index (χ1n) is 7.83. The summed E-state index contributed by atoms with van der Waals surface area (Å²) in [5.41, 5.74) is 7.24. The summed E-state index contributed by atoms with van der Waals surface area (Å²) in [6.45, 7) is 2.22. The van der Waals surface area contributed by atoms with E-state index in [0.717, 1.165) is 19.5 Å². The number of nitrogens with zero attached hydrogens (tertiary/aromatic N) is 1. The molecular weight excluding hydrogens is 292 g/mol. The smallest absolute Gasteiger partial charge is 0.222 e. The number of aryl methyl sites for hydroxylation is 1. The van der Waals surface area contributed by atoms with Crippen molar-refractivity contribution in [3.63, 3.8) is 0 Å². The Balaban J connectivity index is 1.62. The maximum atomic E-state index is 12.5. The highest BCUT2D eigenvalue weighted by Gasteiger charge is 2.34. The van der Waals surface area contributed by atoms with E-state index in [9.17, 15) is 4.79 Å². The molecule has 1 aromatic heterocycles. The van der Waals surface area contributed by atoms with E-state index in [1.165, 1.54) is 10.4 Å². The van der Waals surface area contributed by atoms with Crippen molar-refractivity contribution in [2.75, 3.05) is 19.6 Å². The molecule has 1 aliphatic rings. The van der Waals surface area contributed by atoms with E-state index in [1.54, 1.807) is 11.3 Å². The Morgan fingerprint density at radius 2 is 2.00 bits per heavy atom. The predicted octanol–water partition coefficient (Wildman–Crippen LogP) is 2.88. The standard InChI is InChI=1S/C18H22N2OS/c19-11-15-12-20(13-17(15)14-5-2-1-3-6-14)18(21)9-8-16-7-4-10-22-16/h1-7,10,15,17H,8-9,11-13,19H2/t15-,17+/m1/s1. The average molecular weight is 314 g/mol. The third kappa shape index (κ3) is 3.39. The van der Waals surface area contributed by atoms with Crippen LogP contribution in [0.2, 0.25) is 0 Å². The van der Waals surface area contributed by atoms with Crippen molar-refractivity contribution in [3.8, 4) is 0 Å². The van der Waals surface area contributed by atoms with E-state index in [1.807, 2.05) is 17.0 Å². The van der Waals surface area contributed by atoms with Gasteiger partial charge < -0.3 is 10.6 Å². The Bertz CT molecular complexity index is 597. The monoisotopic (exact) mass is 314 g/mol. The van der Waals surface area contributed by atoms with E-state index < -0.39 is 0 Å². The molecule has 1 aromatic carbocycles. The van der Waals surface area contributed by atoms with Gasteiger partial charge in [0.25, 0.3) is 0 Å². The number of amides is 1. The van der Waals surface area contributed by atoms with E-state index in [-0.39, 0.29) is 5.91 Å². The largest absolute Gasteiger partial charge is 0.342 e. The van der Waals surface area contributed by atoms with Crippen molar-refractivity contribution in [2.24, 2.45) is 11.7 Å². The second kappa shape index (κ2) is 7.07. The lowest BCUT2D eigenvalue weighted by atomic mass is 9.89. The van der Waals surface area contributed by atoms with Crippen LogP contribution in [0.4, 0.5) is 0 Å². The second-order valence-electron chi connectivity index (χ2n) is 5.89. The number of carbonyl (C=O) groups excluding carboxylic acids is 1. The fraction of sp³-hybridized carbons (Fsp3) is 0.389. The summed E-state index contributed by atoms with van der Waals surface area (Å²) in [6, 6.07) is 14.6. The maximum Gasteiger partial charge on any atom is 0.222 e. The Morgan fingerprint density at radius 1 is 1.18 bits per heavy atom. The molecule has 1 fully saturated rings. The molecule has 3 rings (SSSR count). The minimum absolute atomic E-state index is 0.255. The van der Waals surface area contributed by atoms with Crippen LogP contribution in [0.25, 0.3) is 0 Å². The van der Waals surface area contributed by atoms with Crippen molar-refractivity contribution in [3.05, 3.63) is 58.3 Å². The summed E-state index contributed by atoms with van der Waals surface area (Å²) in [5, 5.41) is 2.06. The van der Waals surface area contributed by atoms with Gasteiger partial charge in [-0.2, -0.15) is 0 Å². The van der Waals surface area contributed by atoms with Gasteiger partial charge in [0.05, 0.1) is 0 Å². The number of hydrogen-bond donors (Lipinski definition) is 1. The van der Waals surface area contributed by atoms with Crippen LogP contribution < -0.4 is 5.73 Å². The number of benzene rings is 1. The highest BCUT2D eigenvalue weighted by Crippen LogP contribution is 2.32. The highest BCUT2D eigenvalue weighted by molar-refractivity contribution is 7.09. The quantitative estimate of drug-likeness (QED) is 0.922. The van der Waals surface area contributed by atoms with E-state index in [0.29, 0.717) is 24.8 Å². The van der Waals surface area contributed by atoms with Gasteiger partial charge >= 0.3 is 0 Å². The zero-order valence-electron chi connectivity index (χ0n) is 12.7. The zero-order valence-corrected chi connectivity index (χ0v) is 13.5. The van der Waals surface area contributed by atoms with Crippen LogP contribution in [-0.4, -0.2) is 30.4 Å². The minimum Gasteiger partial charge on any atom is -0.342 e. The summed E-state index contributed by atoms with van der Waals surface area (Å²) in [4.78, 5) is 15.8. The number of likely N-dealkylation sites (tertiary alicyclic amines) is 1. The average Bonchev–Trinajstić information content (AvgIpc) is 3.22. The van der Waals surface area contributed by atoms with Crippen molar-refractivity contribution in [1.82, 2.24) is 4.90 Å². The Morgan fingerprint density at radius 3 is 2.68 bits per heavy atom. The van der Waals surface area contributed by atoms with Gasteiger partial charge in [0, 0.05) is 30.3 Å². The number of rotatable bonds is 5. The molecule has 0 unspecified atom stereocenters. The Kier molecular flexibility index (Phi) is 4.90. The first kappa shape index (κ1) is 15.3. The molecule has 2 heterocycles. The predicted molar refractivity (Wildman–Crippen MR) is 90.9 cm³/mol. The number of thiophene rings is 1. The lowest BCUT2D eigenvalue weighted by Gasteiger charge is -2.16. The molecule has 4 heteroatoms. The molecule has 0 aliphatic carbocycles. The van der Waals surface area contributed by atoms with Crippen LogP contribution in [0.3, 0.4) is 0 Å². The van der Waals surface area contributed by atoms with Gasteiger partial charge in [-0.15, -0.1) is 11.3 Å². The molecule has 1 aliphatic heterocycles. The Labute approximate surface area is 135 Å². The van der Waals surface area contributed by atoms with Crippen molar-refractivity contribution < 1.29 is 4.79 Å². The lowest BCUT2D eigenvalue weighted by Crippen LogP contribution is -2.29. The molecule has 0 radical (unpaired) electrons. The molecule has 0 saturated carbocycles. The van der Waals surface area contributed by atoms with Crippen LogP contribution in [0.1, 0.15) is 22.8 Å². The van der Waals surface area contributed by atoms with Crippen LogP contribution >= 0.6 is 11.3 Å². The summed E-state index contributed by atoms with van der Waals surface area (Å²) < 4.78 is 0. The van der Waals surface area contributed by atoms with Gasteiger partial charge in [0.2, 0.25) is 5.91 Å². The summed E-state index contributed by atoms with van der Waals surface area (Å²) in [6.07, 6.45) is 1.44. The lowest BCUT2D eigenvalue weighted by molar-refractivity contribution is -0.130. The van der Waals surface area contributed by atoms with Gasteiger partial charge in [-0.25, -0.2) is 0 Å². The van der Waals surface area contributed by atoms with E-state index in [4.69, 9.17) is 5.73 Å². The summed E-state index contributed by atoms with van der Waals surface area (Å²) >= 11 is 1.72. The number of hydrogen-bond acceptors (Lipinski definition) is 3.